The molecule has 0 amide bonds. The zero-order chi connectivity index (χ0) is 13.1. The molecular weight excluding hydrogens is 234 g/mol. The average molecular weight is 265 g/mol. The third-order valence-corrected chi connectivity index (χ3v) is 5.42. The summed E-state index contributed by atoms with van der Waals surface area (Å²) in [5.74, 6) is 0.889. The third kappa shape index (κ3) is 3.93. The Hall–Kier alpha value is -0.120. The van der Waals surface area contributed by atoms with Gasteiger partial charge in [0.25, 0.3) is 0 Å². The standard InChI is InChI=1S/C16H31N3/c1-14-4-2-3-5-16(14)17-8-9-18-10-12-19(13-11-18)15-6-7-15/h14-17H,2-13H2,1H3. The van der Waals surface area contributed by atoms with E-state index in [1.165, 1.54) is 77.8 Å². The van der Waals surface area contributed by atoms with Crippen molar-refractivity contribution in [2.75, 3.05) is 39.3 Å². The fraction of sp³-hybridized carbons (Fsp3) is 1.00. The van der Waals surface area contributed by atoms with Crippen molar-refractivity contribution < 1.29 is 0 Å². The van der Waals surface area contributed by atoms with Gasteiger partial charge in [-0.1, -0.05) is 19.8 Å². The van der Waals surface area contributed by atoms with Gasteiger partial charge in [0.1, 0.15) is 0 Å². The molecule has 1 N–H and O–H groups in total. The smallest absolute Gasteiger partial charge is 0.0113 e. The second-order valence-corrected chi connectivity index (χ2v) is 6.93. The molecule has 2 atom stereocenters. The molecule has 0 aromatic heterocycles. The molecule has 19 heavy (non-hydrogen) atoms. The first-order valence-corrected chi connectivity index (χ1v) is 8.53. The monoisotopic (exact) mass is 265 g/mol. The zero-order valence-corrected chi connectivity index (χ0v) is 12.6. The predicted octanol–water partition coefficient (Wildman–Crippen LogP) is 1.93. The van der Waals surface area contributed by atoms with E-state index in [0.717, 1.165) is 18.0 Å². The fourth-order valence-corrected chi connectivity index (χ4v) is 3.82. The van der Waals surface area contributed by atoms with Crippen molar-refractivity contribution in [2.24, 2.45) is 5.92 Å². The maximum absolute atomic E-state index is 3.81. The quantitative estimate of drug-likeness (QED) is 0.819. The maximum atomic E-state index is 3.81. The largest absolute Gasteiger partial charge is 0.312 e. The van der Waals surface area contributed by atoms with Crippen LogP contribution in [0.2, 0.25) is 0 Å². The van der Waals surface area contributed by atoms with E-state index in [0.29, 0.717) is 0 Å². The summed E-state index contributed by atoms with van der Waals surface area (Å²) in [5.41, 5.74) is 0. The molecule has 0 aromatic rings. The van der Waals surface area contributed by atoms with E-state index in [2.05, 4.69) is 22.0 Å². The molecule has 0 spiro atoms. The van der Waals surface area contributed by atoms with Crippen LogP contribution in [0.5, 0.6) is 0 Å². The van der Waals surface area contributed by atoms with Crippen molar-refractivity contribution in [3.63, 3.8) is 0 Å². The molecule has 3 aliphatic rings. The van der Waals surface area contributed by atoms with Crippen molar-refractivity contribution in [2.45, 2.75) is 57.5 Å². The van der Waals surface area contributed by atoms with E-state index in [-0.39, 0.29) is 0 Å². The number of hydrogen-bond donors (Lipinski definition) is 1. The Bertz CT molecular complexity index is 269. The maximum Gasteiger partial charge on any atom is 0.0113 e. The Morgan fingerprint density at radius 1 is 0.947 bits per heavy atom. The highest BCUT2D eigenvalue weighted by Gasteiger charge is 2.31. The second kappa shape index (κ2) is 6.55. The van der Waals surface area contributed by atoms with E-state index in [9.17, 15) is 0 Å². The molecule has 0 aromatic carbocycles. The molecule has 3 heteroatoms. The molecule has 1 aliphatic heterocycles. The minimum absolute atomic E-state index is 0.793. The Morgan fingerprint density at radius 3 is 2.37 bits per heavy atom. The van der Waals surface area contributed by atoms with Crippen LogP contribution in [0, 0.1) is 5.92 Å². The summed E-state index contributed by atoms with van der Waals surface area (Å²) < 4.78 is 0. The van der Waals surface area contributed by atoms with Gasteiger partial charge < -0.3 is 5.32 Å². The van der Waals surface area contributed by atoms with Crippen LogP contribution in [0.15, 0.2) is 0 Å². The van der Waals surface area contributed by atoms with Crippen molar-refractivity contribution in [3.05, 3.63) is 0 Å². The van der Waals surface area contributed by atoms with Gasteiger partial charge in [0.05, 0.1) is 0 Å². The lowest BCUT2D eigenvalue weighted by Crippen LogP contribution is -2.49. The molecule has 3 nitrogen and oxygen atoms in total. The first kappa shape index (κ1) is 13.8. The highest BCUT2D eigenvalue weighted by atomic mass is 15.3. The van der Waals surface area contributed by atoms with Crippen LogP contribution in [-0.2, 0) is 0 Å². The normalized spacial score (nSPS) is 34.6. The average Bonchev–Trinajstić information content (AvgIpc) is 3.26. The fourth-order valence-electron chi connectivity index (χ4n) is 3.82. The van der Waals surface area contributed by atoms with Gasteiger partial charge in [-0.2, -0.15) is 0 Å². The molecule has 3 fully saturated rings. The second-order valence-electron chi connectivity index (χ2n) is 6.93. The van der Waals surface area contributed by atoms with Crippen molar-refractivity contribution in [3.8, 4) is 0 Å². The van der Waals surface area contributed by atoms with E-state index < -0.39 is 0 Å². The number of nitrogens with zero attached hydrogens (tertiary/aromatic N) is 2. The molecule has 1 heterocycles. The van der Waals surface area contributed by atoms with Crippen LogP contribution in [-0.4, -0.2) is 61.2 Å². The lowest BCUT2D eigenvalue weighted by atomic mass is 9.86. The summed E-state index contributed by atoms with van der Waals surface area (Å²) in [5, 5.41) is 3.81. The molecule has 0 radical (unpaired) electrons. The first-order valence-electron chi connectivity index (χ1n) is 8.53. The van der Waals surface area contributed by atoms with E-state index >= 15 is 0 Å². The summed E-state index contributed by atoms with van der Waals surface area (Å²) in [7, 11) is 0. The molecule has 1 saturated heterocycles. The van der Waals surface area contributed by atoms with Gasteiger partial charge in [-0.3, -0.25) is 9.80 Å². The highest BCUT2D eigenvalue weighted by Crippen LogP contribution is 2.27. The number of hydrogen-bond acceptors (Lipinski definition) is 3. The highest BCUT2D eigenvalue weighted by molar-refractivity contribution is 4.87. The van der Waals surface area contributed by atoms with Crippen LogP contribution in [0.3, 0.4) is 0 Å². The van der Waals surface area contributed by atoms with E-state index in [1.54, 1.807) is 0 Å². The Morgan fingerprint density at radius 2 is 1.68 bits per heavy atom. The lowest BCUT2D eigenvalue weighted by Gasteiger charge is -2.36. The number of rotatable bonds is 5. The van der Waals surface area contributed by atoms with Crippen LogP contribution >= 0.6 is 0 Å². The van der Waals surface area contributed by atoms with Crippen molar-refractivity contribution >= 4 is 0 Å². The van der Waals surface area contributed by atoms with Crippen LogP contribution in [0.25, 0.3) is 0 Å². The summed E-state index contributed by atoms with van der Waals surface area (Å²) in [6, 6.07) is 1.75. The predicted molar refractivity (Wildman–Crippen MR) is 80.5 cm³/mol. The zero-order valence-electron chi connectivity index (χ0n) is 12.6. The van der Waals surface area contributed by atoms with Crippen molar-refractivity contribution in [1.29, 1.82) is 0 Å². The van der Waals surface area contributed by atoms with Crippen LogP contribution < -0.4 is 5.32 Å². The minimum atomic E-state index is 0.793. The van der Waals surface area contributed by atoms with Gasteiger partial charge in [-0.05, 0) is 31.6 Å². The Kier molecular flexibility index (Phi) is 4.78. The summed E-state index contributed by atoms with van der Waals surface area (Å²) >= 11 is 0. The molecule has 110 valence electrons. The molecular formula is C16H31N3. The molecule has 3 rings (SSSR count). The first-order chi connectivity index (χ1) is 9.33. The molecule has 0 bridgehead atoms. The summed E-state index contributed by atoms with van der Waals surface area (Å²) in [6.07, 6.45) is 8.63. The topological polar surface area (TPSA) is 18.5 Å². The molecule has 2 unspecified atom stereocenters. The van der Waals surface area contributed by atoms with Gasteiger partial charge >= 0.3 is 0 Å². The van der Waals surface area contributed by atoms with Crippen LogP contribution in [0.1, 0.15) is 45.4 Å². The van der Waals surface area contributed by atoms with Crippen LogP contribution in [0.4, 0.5) is 0 Å². The van der Waals surface area contributed by atoms with Gasteiger partial charge in [0, 0.05) is 51.4 Å². The van der Waals surface area contributed by atoms with Gasteiger partial charge in [-0.15, -0.1) is 0 Å². The lowest BCUT2D eigenvalue weighted by molar-refractivity contribution is 0.124. The van der Waals surface area contributed by atoms with E-state index in [4.69, 9.17) is 0 Å². The Balaban J connectivity index is 1.29. The number of nitrogens with one attached hydrogen (secondary N) is 1. The van der Waals surface area contributed by atoms with Gasteiger partial charge in [0.2, 0.25) is 0 Å². The summed E-state index contributed by atoms with van der Waals surface area (Å²) in [6.45, 7) is 10.1. The third-order valence-electron chi connectivity index (χ3n) is 5.42. The summed E-state index contributed by atoms with van der Waals surface area (Å²) in [4.78, 5) is 5.35. The van der Waals surface area contributed by atoms with Gasteiger partial charge in [0.15, 0.2) is 0 Å². The Labute approximate surface area is 118 Å². The van der Waals surface area contributed by atoms with E-state index in [1.807, 2.05) is 0 Å². The minimum Gasteiger partial charge on any atom is -0.312 e. The van der Waals surface area contributed by atoms with Crippen molar-refractivity contribution in [1.82, 2.24) is 15.1 Å². The number of piperazine rings is 1. The molecule has 2 saturated carbocycles. The van der Waals surface area contributed by atoms with Gasteiger partial charge in [-0.25, -0.2) is 0 Å². The SMILES string of the molecule is CC1CCCCC1NCCN1CCN(C2CC2)CC1. The molecule has 2 aliphatic carbocycles.